The number of halogens is 1. The number of benzene rings is 1. The van der Waals surface area contributed by atoms with Gasteiger partial charge in [0.1, 0.15) is 5.75 Å². The summed E-state index contributed by atoms with van der Waals surface area (Å²) in [7, 11) is 0. The Labute approximate surface area is 127 Å². The number of nitro benzene ring substituents is 1. The molecule has 2 rings (SSSR count). The maximum atomic E-state index is 13.5. The predicted molar refractivity (Wildman–Crippen MR) is 76.1 cm³/mol. The van der Waals surface area contributed by atoms with Gasteiger partial charge in [-0.2, -0.15) is 4.39 Å². The number of rotatable bonds is 5. The van der Waals surface area contributed by atoms with Gasteiger partial charge in [0, 0.05) is 12.1 Å². The van der Waals surface area contributed by atoms with E-state index in [0.29, 0.717) is 32.3 Å². The van der Waals surface area contributed by atoms with Crippen LogP contribution in [0.15, 0.2) is 18.2 Å². The number of nitrogens with zero attached hydrogens (tertiary/aromatic N) is 1. The Bertz CT molecular complexity index is 555. The van der Waals surface area contributed by atoms with Gasteiger partial charge in [0.25, 0.3) is 0 Å². The molecule has 7 heteroatoms. The number of nitro groups is 1. The number of hydrogen-bond donors (Lipinski definition) is 0. The van der Waals surface area contributed by atoms with Crippen LogP contribution in [0.5, 0.6) is 5.75 Å². The highest BCUT2D eigenvalue weighted by molar-refractivity contribution is 5.72. The third kappa shape index (κ3) is 3.93. The molecule has 0 spiro atoms. The van der Waals surface area contributed by atoms with E-state index < -0.39 is 16.4 Å². The van der Waals surface area contributed by atoms with Crippen molar-refractivity contribution in [3.63, 3.8) is 0 Å². The van der Waals surface area contributed by atoms with Crippen LogP contribution in [0.4, 0.5) is 10.1 Å². The van der Waals surface area contributed by atoms with Crippen LogP contribution in [-0.4, -0.2) is 23.6 Å². The third-order valence-corrected chi connectivity index (χ3v) is 3.71. The molecule has 0 aliphatic heterocycles. The van der Waals surface area contributed by atoms with E-state index in [9.17, 15) is 19.3 Å². The monoisotopic (exact) mass is 311 g/mol. The average Bonchev–Trinajstić information content (AvgIpc) is 2.48. The minimum Gasteiger partial charge on any atom is -0.490 e. The van der Waals surface area contributed by atoms with Crippen LogP contribution in [0, 0.1) is 21.8 Å². The van der Waals surface area contributed by atoms with Crippen LogP contribution in [0.2, 0.25) is 0 Å². The molecule has 1 saturated carbocycles. The topological polar surface area (TPSA) is 78.7 Å². The van der Waals surface area contributed by atoms with Crippen LogP contribution in [0.3, 0.4) is 0 Å². The lowest BCUT2D eigenvalue weighted by molar-refractivity contribution is -0.387. The molecule has 0 aromatic heterocycles. The largest absolute Gasteiger partial charge is 0.490 e. The minimum atomic E-state index is -0.914. The summed E-state index contributed by atoms with van der Waals surface area (Å²) in [6.45, 7) is 2.15. The van der Waals surface area contributed by atoms with Crippen molar-refractivity contribution in [1.29, 1.82) is 0 Å². The van der Waals surface area contributed by atoms with Gasteiger partial charge in [-0.05, 0) is 38.7 Å². The highest BCUT2D eigenvalue weighted by Gasteiger charge is 2.28. The fourth-order valence-corrected chi connectivity index (χ4v) is 2.58. The number of hydrogen-bond acceptors (Lipinski definition) is 5. The zero-order chi connectivity index (χ0) is 16.1. The summed E-state index contributed by atoms with van der Waals surface area (Å²) in [4.78, 5) is 21.4. The molecule has 1 fully saturated rings. The van der Waals surface area contributed by atoms with Gasteiger partial charge >= 0.3 is 11.7 Å². The Kier molecular flexibility index (Phi) is 5.30. The highest BCUT2D eigenvalue weighted by Crippen LogP contribution is 2.30. The van der Waals surface area contributed by atoms with E-state index in [4.69, 9.17) is 9.47 Å². The molecule has 22 heavy (non-hydrogen) atoms. The maximum absolute atomic E-state index is 13.5. The van der Waals surface area contributed by atoms with Crippen molar-refractivity contribution in [2.24, 2.45) is 5.92 Å². The van der Waals surface area contributed by atoms with Crippen LogP contribution in [-0.2, 0) is 9.53 Å². The van der Waals surface area contributed by atoms with Crippen LogP contribution >= 0.6 is 0 Å². The molecule has 1 aliphatic carbocycles. The van der Waals surface area contributed by atoms with E-state index in [1.807, 2.05) is 0 Å². The molecule has 0 radical (unpaired) electrons. The smallest absolute Gasteiger partial charge is 0.308 e. The maximum Gasteiger partial charge on any atom is 0.308 e. The first-order chi connectivity index (χ1) is 10.5. The van der Waals surface area contributed by atoms with Crippen LogP contribution in [0.25, 0.3) is 0 Å². The lowest BCUT2D eigenvalue weighted by atomic mass is 9.87. The summed E-state index contributed by atoms with van der Waals surface area (Å²) >= 11 is 0. The van der Waals surface area contributed by atoms with Gasteiger partial charge < -0.3 is 9.47 Å². The lowest BCUT2D eigenvalue weighted by Gasteiger charge is -2.27. The first-order valence-corrected chi connectivity index (χ1v) is 7.28. The van der Waals surface area contributed by atoms with Gasteiger partial charge in [-0.25, -0.2) is 0 Å². The fraction of sp³-hybridized carbons (Fsp3) is 0.533. The van der Waals surface area contributed by atoms with E-state index in [0.717, 1.165) is 12.1 Å². The number of ether oxygens (including phenoxy) is 2. The van der Waals surface area contributed by atoms with E-state index in [1.165, 1.54) is 6.07 Å². The predicted octanol–water partition coefficient (Wildman–Crippen LogP) is 3.23. The lowest BCUT2D eigenvalue weighted by Crippen LogP contribution is -2.29. The minimum absolute atomic E-state index is 0.103. The second-order valence-electron chi connectivity index (χ2n) is 5.21. The molecule has 120 valence electrons. The summed E-state index contributed by atoms with van der Waals surface area (Å²) in [5, 5.41) is 10.6. The van der Waals surface area contributed by atoms with Gasteiger partial charge in [-0.3, -0.25) is 14.9 Å². The Morgan fingerprint density at radius 3 is 2.59 bits per heavy atom. The summed E-state index contributed by atoms with van der Waals surface area (Å²) in [5.41, 5.74) is -0.571. The molecular formula is C15H18FNO5. The number of carbonyl (C=O) groups is 1. The van der Waals surface area contributed by atoms with Crippen molar-refractivity contribution >= 4 is 11.7 Å². The molecule has 0 saturated heterocycles. The Morgan fingerprint density at radius 2 is 2.05 bits per heavy atom. The van der Waals surface area contributed by atoms with Gasteiger partial charge in [0.05, 0.1) is 23.6 Å². The molecule has 1 aliphatic rings. The standard InChI is InChI=1S/C15H18FNO5/c1-2-21-15(18)10-3-5-11(6-4-10)22-12-7-8-14(17(19)20)13(16)9-12/h7-11H,2-6H2,1H3/t10-,11+. The summed E-state index contributed by atoms with van der Waals surface area (Å²) < 4.78 is 24.2. The summed E-state index contributed by atoms with van der Waals surface area (Å²) in [5.74, 6) is -0.930. The summed E-state index contributed by atoms with van der Waals surface area (Å²) in [6.07, 6.45) is 2.55. The molecule has 0 atom stereocenters. The zero-order valence-corrected chi connectivity index (χ0v) is 12.3. The molecule has 1 aromatic rings. The van der Waals surface area contributed by atoms with Crippen molar-refractivity contribution in [3.05, 3.63) is 34.1 Å². The molecule has 0 amide bonds. The Balaban J connectivity index is 1.90. The Hall–Kier alpha value is -2.18. The average molecular weight is 311 g/mol. The molecular weight excluding hydrogens is 293 g/mol. The molecule has 6 nitrogen and oxygen atoms in total. The van der Waals surface area contributed by atoms with Gasteiger partial charge in [0.15, 0.2) is 0 Å². The van der Waals surface area contributed by atoms with Crippen molar-refractivity contribution in [2.45, 2.75) is 38.7 Å². The van der Waals surface area contributed by atoms with Crippen molar-refractivity contribution < 1.29 is 23.6 Å². The van der Waals surface area contributed by atoms with Gasteiger partial charge in [-0.15, -0.1) is 0 Å². The zero-order valence-electron chi connectivity index (χ0n) is 12.3. The first kappa shape index (κ1) is 16.2. The molecule has 0 unspecified atom stereocenters. The normalized spacial score (nSPS) is 21.2. The second-order valence-corrected chi connectivity index (χ2v) is 5.21. The molecule has 1 aromatic carbocycles. The van der Waals surface area contributed by atoms with E-state index in [2.05, 4.69) is 0 Å². The fourth-order valence-electron chi connectivity index (χ4n) is 2.58. The van der Waals surface area contributed by atoms with Crippen molar-refractivity contribution in [2.75, 3.05) is 6.61 Å². The number of carbonyl (C=O) groups excluding carboxylic acids is 1. The first-order valence-electron chi connectivity index (χ1n) is 7.28. The molecule has 0 heterocycles. The SMILES string of the molecule is CCOC(=O)[C@H]1CC[C@@H](Oc2ccc([N+](=O)[O-])c(F)c2)CC1. The van der Waals surface area contributed by atoms with Crippen molar-refractivity contribution in [1.82, 2.24) is 0 Å². The highest BCUT2D eigenvalue weighted by atomic mass is 19.1. The van der Waals surface area contributed by atoms with E-state index in [-0.39, 0.29) is 23.7 Å². The summed E-state index contributed by atoms with van der Waals surface area (Å²) in [6, 6.07) is 3.50. The van der Waals surface area contributed by atoms with Crippen LogP contribution < -0.4 is 4.74 Å². The van der Waals surface area contributed by atoms with Gasteiger partial charge in [0.2, 0.25) is 5.82 Å². The second kappa shape index (κ2) is 7.20. The molecule has 0 bridgehead atoms. The number of esters is 1. The van der Waals surface area contributed by atoms with Crippen molar-refractivity contribution in [3.8, 4) is 5.75 Å². The Morgan fingerprint density at radius 1 is 1.36 bits per heavy atom. The third-order valence-electron chi connectivity index (χ3n) is 3.71. The molecule has 0 N–H and O–H groups in total. The quantitative estimate of drug-likeness (QED) is 0.474. The van der Waals surface area contributed by atoms with Crippen LogP contribution in [0.1, 0.15) is 32.6 Å². The van der Waals surface area contributed by atoms with Gasteiger partial charge in [-0.1, -0.05) is 0 Å². The van der Waals surface area contributed by atoms with E-state index >= 15 is 0 Å². The van der Waals surface area contributed by atoms with E-state index in [1.54, 1.807) is 6.92 Å².